The first kappa shape index (κ1) is 24.9. The number of amides is 3. The summed E-state index contributed by atoms with van der Waals surface area (Å²) in [6.45, 7) is 1.72. The predicted octanol–water partition coefficient (Wildman–Crippen LogP) is 1.98. The Balaban J connectivity index is 2.14. The summed E-state index contributed by atoms with van der Waals surface area (Å²) in [6, 6.07) is 13.4. The molecule has 0 saturated carbocycles. The fourth-order valence-corrected chi connectivity index (χ4v) is 3.06. The first-order valence-corrected chi connectivity index (χ1v) is 9.97. The lowest BCUT2D eigenvalue weighted by atomic mass is 9.93. The van der Waals surface area contributed by atoms with Crippen molar-refractivity contribution < 1.29 is 29.0 Å². The average molecular weight is 452 g/mol. The summed E-state index contributed by atoms with van der Waals surface area (Å²) >= 11 is 0. The van der Waals surface area contributed by atoms with E-state index in [0.29, 0.717) is 11.3 Å². The lowest BCUT2D eigenvalue weighted by molar-refractivity contribution is -0.146. The van der Waals surface area contributed by atoms with Gasteiger partial charge in [-0.3, -0.25) is 9.59 Å². The molecule has 0 aromatic heterocycles. The molecular formula is C23H24N4O6. The Morgan fingerprint density at radius 1 is 1.03 bits per heavy atom. The number of hydrogen-bond donors (Lipinski definition) is 4. The van der Waals surface area contributed by atoms with Crippen LogP contribution in [0, 0.1) is 11.3 Å². The van der Waals surface area contributed by atoms with Crippen LogP contribution in [0.25, 0.3) is 0 Å². The maximum absolute atomic E-state index is 12.9. The number of urea groups is 1. The molecule has 3 atom stereocenters. The number of carbonyl (C=O) groups excluding carboxylic acids is 3. The monoisotopic (exact) mass is 452 g/mol. The number of esters is 1. The summed E-state index contributed by atoms with van der Waals surface area (Å²) in [5.74, 6) is -3.37. The molecule has 1 unspecified atom stereocenters. The van der Waals surface area contributed by atoms with Gasteiger partial charge in [-0.25, -0.2) is 9.59 Å². The Labute approximate surface area is 190 Å². The van der Waals surface area contributed by atoms with Crippen molar-refractivity contribution in [2.24, 2.45) is 0 Å². The molecule has 2 aromatic carbocycles. The minimum Gasteiger partial charge on any atom is -0.481 e. The summed E-state index contributed by atoms with van der Waals surface area (Å²) in [5, 5.41) is 25.3. The SMILES string of the molecule is COC(=O)[C@@H](NC(=O)[C@H](CC(=O)O)NC(=O)Nc1ccc(C#N)cc1)C(C)c1ccccc1. The highest BCUT2D eigenvalue weighted by Crippen LogP contribution is 2.20. The normalized spacial score (nSPS) is 12.9. The van der Waals surface area contributed by atoms with Gasteiger partial charge in [0.2, 0.25) is 5.91 Å². The summed E-state index contributed by atoms with van der Waals surface area (Å²) < 4.78 is 4.80. The Hall–Kier alpha value is -4.39. The minimum absolute atomic E-state index is 0.339. The number of hydrogen-bond acceptors (Lipinski definition) is 6. The Morgan fingerprint density at radius 3 is 2.21 bits per heavy atom. The van der Waals surface area contributed by atoms with Crippen LogP contribution in [0.2, 0.25) is 0 Å². The van der Waals surface area contributed by atoms with Gasteiger partial charge in [-0.1, -0.05) is 37.3 Å². The van der Waals surface area contributed by atoms with E-state index in [2.05, 4.69) is 16.0 Å². The number of carbonyl (C=O) groups is 4. The summed E-state index contributed by atoms with van der Waals surface area (Å²) in [5.41, 5.74) is 1.49. The zero-order valence-corrected chi connectivity index (χ0v) is 18.1. The van der Waals surface area contributed by atoms with Crippen LogP contribution in [0.15, 0.2) is 54.6 Å². The summed E-state index contributed by atoms with van der Waals surface area (Å²) in [7, 11) is 1.18. The second-order valence-electron chi connectivity index (χ2n) is 7.15. The third kappa shape index (κ3) is 7.36. The van der Waals surface area contributed by atoms with Gasteiger partial charge in [0.15, 0.2) is 0 Å². The van der Waals surface area contributed by atoms with Crippen molar-refractivity contribution in [2.75, 3.05) is 12.4 Å². The van der Waals surface area contributed by atoms with Crippen LogP contribution in [0.5, 0.6) is 0 Å². The smallest absolute Gasteiger partial charge is 0.328 e. The molecule has 0 heterocycles. The third-order valence-corrected chi connectivity index (χ3v) is 4.85. The molecule has 10 heteroatoms. The molecule has 0 aliphatic heterocycles. The van der Waals surface area contributed by atoms with Crippen molar-refractivity contribution in [3.8, 4) is 6.07 Å². The number of anilines is 1. The van der Waals surface area contributed by atoms with E-state index in [4.69, 9.17) is 10.00 Å². The van der Waals surface area contributed by atoms with Crippen LogP contribution in [-0.4, -0.2) is 48.2 Å². The third-order valence-electron chi connectivity index (χ3n) is 4.85. The molecule has 3 amide bonds. The van der Waals surface area contributed by atoms with Gasteiger partial charge in [0.25, 0.3) is 0 Å². The first-order chi connectivity index (χ1) is 15.7. The topological polar surface area (TPSA) is 158 Å². The summed E-state index contributed by atoms with van der Waals surface area (Å²) in [6.07, 6.45) is -0.708. The van der Waals surface area contributed by atoms with Gasteiger partial charge in [-0.15, -0.1) is 0 Å². The van der Waals surface area contributed by atoms with Crippen molar-refractivity contribution in [1.29, 1.82) is 5.26 Å². The van der Waals surface area contributed by atoms with Gasteiger partial charge in [-0.05, 0) is 29.8 Å². The van der Waals surface area contributed by atoms with E-state index < -0.39 is 48.3 Å². The van der Waals surface area contributed by atoms with Crippen LogP contribution in [0.1, 0.15) is 30.4 Å². The number of benzene rings is 2. The van der Waals surface area contributed by atoms with E-state index in [1.54, 1.807) is 37.3 Å². The average Bonchev–Trinajstić information content (AvgIpc) is 2.81. The fourth-order valence-electron chi connectivity index (χ4n) is 3.06. The number of carboxylic acids is 1. The van der Waals surface area contributed by atoms with Gasteiger partial charge < -0.3 is 25.8 Å². The second kappa shape index (κ2) is 11.9. The summed E-state index contributed by atoms with van der Waals surface area (Å²) in [4.78, 5) is 48.8. The maximum Gasteiger partial charge on any atom is 0.328 e. The van der Waals surface area contributed by atoms with E-state index in [9.17, 15) is 24.3 Å². The molecule has 33 heavy (non-hydrogen) atoms. The fraction of sp³-hybridized carbons (Fsp3) is 0.261. The number of methoxy groups -OCH3 is 1. The van der Waals surface area contributed by atoms with Crippen LogP contribution < -0.4 is 16.0 Å². The lowest BCUT2D eigenvalue weighted by Crippen LogP contribution is -2.54. The number of nitrogens with zero attached hydrogens (tertiary/aromatic N) is 1. The molecule has 0 saturated heterocycles. The molecule has 10 nitrogen and oxygen atoms in total. The van der Waals surface area contributed by atoms with Gasteiger partial charge in [0.05, 0.1) is 25.2 Å². The molecule has 172 valence electrons. The molecule has 2 aromatic rings. The van der Waals surface area contributed by atoms with E-state index >= 15 is 0 Å². The number of nitrogens with one attached hydrogen (secondary N) is 3. The minimum atomic E-state index is -1.46. The molecule has 4 N–H and O–H groups in total. The van der Waals surface area contributed by atoms with Crippen molar-refractivity contribution in [1.82, 2.24) is 10.6 Å². The highest BCUT2D eigenvalue weighted by molar-refractivity contribution is 5.96. The van der Waals surface area contributed by atoms with Crippen molar-refractivity contribution in [3.63, 3.8) is 0 Å². The van der Waals surface area contributed by atoms with Crippen molar-refractivity contribution in [3.05, 3.63) is 65.7 Å². The molecule has 2 rings (SSSR count). The predicted molar refractivity (Wildman–Crippen MR) is 118 cm³/mol. The van der Waals surface area contributed by atoms with Crippen LogP contribution in [0.3, 0.4) is 0 Å². The Morgan fingerprint density at radius 2 is 1.67 bits per heavy atom. The molecule has 0 spiro atoms. The molecule has 0 bridgehead atoms. The van der Waals surface area contributed by atoms with Crippen molar-refractivity contribution in [2.45, 2.75) is 31.3 Å². The first-order valence-electron chi connectivity index (χ1n) is 9.97. The van der Waals surface area contributed by atoms with E-state index in [1.165, 1.54) is 31.4 Å². The van der Waals surface area contributed by atoms with Gasteiger partial charge >= 0.3 is 18.0 Å². The molecular weight excluding hydrogens is 428 g/mol. The number of nitriles is 1. The zero-order valence-electron chi connectivity index (χ0n) is 18.1. The van der Waals surface area contributed by atoms with E-state index in [0.717, 1.165) is 5.56 Å². The number of rotatable bonds is 9. The molecule has 0 aliphatic carbocycles. The second-order valence-corrected chi connectivity index (χ2v) is 7.15. The highest BCUT2D eigenvalue weighted by Gasteiger charge is 2.32. The van der Waals surface area contributed by atoms with E-state index in [1.807, 2.05) is 6.07 Å². The standard InChI is InChI=1S/C23H24N4O6/c1-14(16-6-4-3-5-7-16)20(22(31)33-2)27-21(30)18(12-19(28)29)26-23(32)25-17-10-8-15(13-24)9-11-17/h3-11,14,18,20H,12H2,1-2H3,(H,27,30)(H,28,29)(H2,25,26,32)/t14?,18-,20-/m0/s1. The number of carboxylic acid groups (broad SMARTS) is 1. The van der Waals surface area contributed by atoms with Crippen LogP contribution in [0.4, 0.5) is 10.5 Å². The highest BCUT2D eigenvalue weighted by atomic mass is 16.5. The molecule has 0 fully saturated rings. The van der Waals surface area contributed by atoms with Gasteiger partial charge in [0.1, 0.15) is 12.1 Å². The molecule has 0 aliphatic rings. The quantitative estimate of drug-likeness (QED) is 0.424. The van der Waals surface area contributed by atoms with Crippen LogP contribution in [-0.2, 0) is 19.1 Å². The van der Waals surface area contributed by atoms with E-state index in [-0.39, 0.29) is 0 Å². The maximum atomic E-state index is 12.9. The largest absolute Gasteiger partial charge is 0.481 e. The Kier molecular flexibility index (Phi) is 8.94. The lowest BCUT2D eigenvalue weighted by Gasteiger charge is -2.26. The number of ether oxygens (including phenoxy) is 1. The van der Waals surface area contributed by atoms with Crippen molar-refractivity contribution >= 4 is 29.6 Å². The molecule has 0 radical (unpaired) electrons. The zero-order chi connectivity index (χ0) is 24.4. The van der Waals surface area contributed by atoms with Gasteiger partial charge in [0, 0.05) is 11.6 Å². The Bertz CT molecular complexity index is 1030. The van der Waals surface area contributed by atoms with Gasteiger partial charge in [-0.2, -0.15) is 5.26 Å². The van der Waals surface area contributed by atoms with Crippen LogP contribution >= 0.6 is 0 Å². The number of aliphatic carboxylic acids is 1.